The molecule has 11 heteroatoms. The van der Waals surface area contributed by atoms with Gasteiger partial charge in [-0.15, -0.1) is 0 Å². The molecule has 0 spiro atoms. The van der Waals surface area contributed by atoms with Gasteiger partial charge in [-0.3, -0.25) is 19.3 Å². The molecule has 1 atom stereocenters. The van der Waals surface area contributed by atoms with E-state index in [2.05, 4.69) is 82.3 Å². The molecule has 3 aromatic carbocycles. The van der Waals surface area contributed by atoms with Crippen LogP contribution in [0, 0.1) is 48.2 Å². The van der Waals surface area contributed by atoms with Crippen molar-refractivity contribution in [3.8, 4) is 5.75 Å². The van der Waals surface area contributed by atoms with Crippen LogP contribution in [-0.4, -0.2) is 59.1 Å². The Balaban J connectivity index is 0.000000337. The van der Waals surface area contributed by atoms with Gasteiger partial charge in [-0.05, 0) is 63.8 Å². The minimum absolute atomic E-state index is 0.0219. The smallest absolute Gasteiger partial charge is 0.307 e. The Labute approximate surface area is 309 Å². The third-order valence-corrected chi connectivity index (χ3v) is 10.1. The van der Waals surface area contributed by atoms with Gasteiger partial charge in [-0.1, -0.05) is 35.4 Å². The maximum Gasteiger partial charge on any atom is 0.307 e. The molecule has 1 unspecified atom stereocenters. The van der Waals surface area contributed by atoms with E-state index >= 15 is 0 Å². The fourth-order valence-electron chi connectivity index (χ4n) is 6.46. The van der Waals surface area contributed by atoms with Crippen LogP contribution in [-0.2, 0) is 32.6 Å². The Bertz CT molecular complexity index is 1740. The predicted molar refractivity (Wildman–Crippen MR) is 200 cm³/mol. The number of nitrogens with zero attached hydrogens (tertiary/aromatic N) is 3. The average molecular weight is 809 g/mol. The Morgan fingerprint density at radius 2 is 1.44 bits per heavy atom. The number of esters is 1. The number of amides is 2. The van der Waals surface area contributed by atoms with Gasteiger partial charge < -0.3 is 14.5 Å². The van der Waals surface area contributed by atoms with Crippen LogP contribution in [0.5, 0.6) is 5.75 Å². The topological polar surface area (TPSA) is 79.4 Å². The number of hydrogen-bond acceptors (Lipinski definition) is 7. The molecule has 1 saturated heterocycles. The Morgan fingerprint density at radius 3 is 1.98 bits per heavy atom. The van der Waals surface area contributed by atoms with Crippen LogP contribution < -0.4 is 14.5 Å². The largest absolute Gasteiger partial charge is 0.501 e. The standard InChI is InChI=1S/C29H34N3O4.C10H12O.2ClH.Ru/c1-18-11-20(3)28(21(4)12-18)30-15-24(32(17-30)29-22(5)13-19(2)14-23(29)6)16-36-27(35)9-10-31-25(33)7-8-26(31)34;1-8(2)11-10-7-5-4-6-9(10)3;;;/h7-8,11-14,17,24H,9-10,15-16H2,1-6H3;3-8H,1-2H3;2*1H;/q-1;;;;+2/p-2. The zero-order chi connectivity index (χ0) is 36.7. The van der Waals surface area contributed by atoms with E-state index in [0.29, 0.717) is 6.54 Å². The zero-order valence-corrected chi connectivity index (χ0v) is 33.2. The molecule has 2 aliphatic rings. The molecule has 0 saturated carbocycles. The first-order valence-corrected chi connectivity index (χ1v) is 22.0. The third kappa shape index (κ3) is 10.3. The number of benzene rings is 3. The van der Waals surface area contributed by atoms with Crippen LogP contribution in [0.2, 0.25) is 0 Å². The molecular formula is C39H46Cl2N3O5Ru-. The van der Waals surface area contributed by atoms with E-state index in [-0.39, 0.29) is 31.7 Å². The summed E-state index contributed by atoms with van der Waals surface area (Å²) in [6.07, 6.45) is 2.57. The second kappa shape index (κ2) is 17.6. The van der Waals surface area contributed by atoms with Gasteiger partial charge in [0.15, 0.2) is 0 Å². The van der Waals surface area contributed by atoms with Crippen molar-refractivity contribution in [2.45, 2.75) is 74.0 Å². The molecule has 0 aliphatic carbocycles. The Hall–Kier alpha value is -3.52. The fraction of sp³-hybridized carbons (Fsp3) is 0.359. The number of carbonyl (C=O) groups is 3. The molecule has 0 aromatic heterocycles. The Morgan fingerprint density at radius 1 is 0.900 bits per heavy atom. The first-order chi connectivity index (χ1) is 23.6. The summed E-state index contributed by atoms with van der Waals surface area (Å²) in [5.74, 6) is -0.369. The number of imide groups is 1. The number of ether oxygens (including phenoxy) is 2. The van der Waals surface area contributed by atoms with Gasteiger partial charge in [0, 0.05) is 36.6 Å². The third-order valence-electron chi connectivity index (χ3n) is 8.23. The van der Waals surface area contributed by atoms with Gasteiger partial charge in [0.2, 0.25) is 0 Å². The van der Waals surface area contributed by atoms with Crippen molar-refractivity contribution in [1.82, 2.24) is 4.90 Å². The molecule has 2 aliphatic heterocycles. The molecule has 0 bridgehead atoms. The summed E-state index contributed by atoms with van der Waals surface area (Å²) < 4.78 is 13.2. The summed E-state index contributed by atoms with van der Waals surface area (Å²) in [4.78, 5) is 41.6. The SMILES string of the molecule is CC(C)Oc1ccccc1[CH]=[Ru]([Cl])[Cl].Cc1cc(C)c(N2[CH-]N(c3c(C)cc(C)cc3C)C(COC(=O)CCN3C(=O)C=CC3=O)C2)c(C)c1. The summed E-state index contributed by atoms with van der Waals surface area (Å²) >= 11 is -1.77. The normalized spacial score (nSPS) is 15.8. The van der Waals surface area contributed by atoms with E-state index < -0.39 is 31.3 Å². The second-order valence-corrected chi connectivity index (χ2v) is 18.7. The fourth-order valence-corrected chi connectivity index (χ4v) is 8.27. The summed E-state index contributed by atoms with van der Waals surface area (Å²) in [5, 5.41) is 0. The first kappa shape index (κ1) is 39.3. The molecule has 8 nitrogen and oxygen atoms in total. The molecule has 0 radical (unpaired) electrons. The van der Waals surface area contributed by atoms with Crippen molar-refractivity contribution in [1.29, 1.82) is 0 Å². The van der Waals surface area contributed by atoms with Crippen LogP contribution >= 0.6 is 19.4 Å². The number of anilines is 2. The van der Waals surface area contributed by atoms with Crippen molar-refractivity contribution in [3.05, 3.63) is 106 Å². The minimum Gasteiger partial charge on any atom is -0.501 e. The number of aryl methyl sites for hydroxylation is 6. The molecule has 2 heterocycles. The summed E-state index contributed by atoms with van der Waals surface area (Å²) in [6.45, 7) is 19.7. The van der Waals surface area contributed by atoms with E-state index in [9.17, 15) is 14.4 Å². The van der Waals surface area contributed by atoms with Crippen molar-refractivity contribution in [2.75, 3.05) is 29.5 Å². The molecular weight excluding hydrogens is 762 g/mol. The summed E-state index contributed by atoms with van der Waals surface area (Å²) in [7, 11) is 11.6. The molecule has 50 heavy (non-hydrogen) atoms. The predicted octanol–water partition coefficient (Wildman–Crippen LogP) is 7.76. The van der Waals surface area contributed by atoms with Crippen LogP contribution in [0.4, 0.5) is 11.4 Å². The average Bonchev–Trinajstić information content (AvgIpc) is 3.56. The number of carbonyl (C=O) groups excluding carboxylic acids is 3. The van der Waals surface area contributed by atoms with Crippen molar-refractivity contribution in [2.24, 2.45) is 0 Å². The van der Waals surface area contributed by atoms with Crippen LogP contribution in [0.3, 0.4) is 0 Å². The zero-order valence-electron chi connectivity index (χ0n) is 29.9. The summed E-state index contributed by atoms with van der Waals surface area (Å²) in [5.41, 5.74) is 10.4. The van der Waals surface area contributed by atoms with Crippen LogP contribution in [0.1, 0.15) is 59.2 Å². The van der Waals surface area contributed by atoms with Crippen molar-refractivity contribution >= 4 is 53.1 Å². The maximum absolute atomic E-state index is 12.6. The number of halogens is 2. The minimum atomic E-state index is -1.77. The van der Waals surface area contributed by atoms with E-state index in [1.165, 1.54) is 40.1 Å². The number of para-hydroxylation sites is 1. The van der Waals surface area contributed by atoms with E-state index in [1.54, 1.807) is 0 Å². The van der Waals surface area contributed by atoms with Crippen LogP contribution in [0.15, 0.2) is 60.7 Å². The molecule has 5 rings (SSSR count). The van der Waals surface area contributed by atoms with Gasteiger partial charge in [0.05, 0.1) is 12.5 Å². The first-order valence-electron chi connectivity index (χ1n) is 16.5. The molecule has 1 fully saturated rings. The van der Waals surface area contributed by atoms with Crippen LogP contribution in [0.25, 0.3) is 0 Å². The monoisotopic (exact) mass is 808 g/mol. The number of hydrogen-bond donors (Lipinski definition) is 0. The molecule has 3 aromatic rings. The van der Waals surface area contributed by atoms with E-state index in [1.807, 2.05) is 42.7 Å². The van der Waals surface area contributed by atoms with E-state index in [0.717, 1.165) is 33.0 Å². The quantitative estimate of drug-likeness (QED) is 0.0898. The van der Waals surface area contributed by atoms with Gasteiger partial charge in [-0.25, -0.2) is 0 Å². The molecule has 2 amide bonds. The van der Waals surface area contributed by atoms with Gasteiger partial charge >= 0.3 is 104 Å². The van der Waals surface area contributed by atoms with Crippen molar-refractivity contribution < 1.29 is 37.4 Å². The molecule has 0 N–H and O–H groups in total. The van der Waals surface area contributed by atoms with Gasteiger partial charge in [0.25, 0.3) is 11.8 Å². The molecule has 270 valence electrons. The number of rotatable bonds is 10. The Kier molecular flexibility index (Phi) is 13.8. The van der Waals surface area contributed by atoms with Crippen molar-refractivity contribution in [3.63, 3.8) is 0 Å². The van der Waals surface area contributed by atoms with Gasteiger partial charge in [-0.2, -0.15) is 6.67 Å². The summed E-state index contributed by atoms with van der Waals surface area (Å²) in [6, 6.07) is 16.4. The second-order valence-electron chi connectivity index (χ2n) is 12.9. The van der Waals surface area contributed by atoms with Gasteiger partial charge in [0.1, 0.15) is 6.61 Å². The van der Waals surface area contributed by atoms with E-state index in [4.69, 9.17) is 28.9 Å². The maximum atomic E-state index is 12.6.